The van der Waals surface area contributed by atoms with E-state index in [4.69, 9.17) is 34.8 Å². The van der Waals surface area contributed by atoms with Crippen LogP contribution in [-0.4, -0.2) is 49.5 Å². The second-order valence-corrected chi connectivity index (χ2v) is 12.4. The number of sulfonamides is 1. The van der Waals surface area contributed by atoms with Gasteiger partial charge in [0.1, 0.15) is 12.6 Å². The molecular weight excluding hydrogens is 533 g/mol. The van der Waals surface area contributed by atoms with Crippen LogP contribution in [0.1, 0.15) is 39.7 Å². The zero-order chi connectivity index (χ0) is 26.6. The summed E-state index contributed by atoms with van der Waals surface area (Å²) in [4.78, 5) is 28.1. The Morgan fingerprint density at radius 2 is 1.57 bits per heavy atom. The Morgan fingerprint density at radius 3 is 2.06 bits per heavy atom. The number of amides is 2. The van der Waals surface area contributed by atoms with Crippen LogP contribution in [0, 0.1) is 0 Å². The molecular formula is C24H30Cl3N3O4S. The molecule has 2 aromatic rings. The van der Waals surface area contributed by atoms with Crippen molar-refractivity contribution in [2.24, 2.45) is 0 Å². The van der Waals surface area contributed by atoms with Crippen molar-refractivity contribution in [1.29, 1.82) is 0 Å². The molecule has 0 unspecified atom stereocenters. The quantitative estimate of drug-likeness (QED) is 0.459. The van der Waals surface area contributed by atoms with Crippen LogP contribution in [0.25, 0.3) is 0 Å². The van der Waals surface area contributed by atoms with Gasteiger partial charge in [0.15, 0.2) is 0 Å². The molecule has 11 heteroatoms. The highest BCUT2D eigenvalue weighted by Gasteiger charge is 2.33. The standard InChI is InChI=1S/C24H30Cl3N3O4S/c1-6-21(23(32)28-24(2,3)4)29(14-16-7-8-18(26)13-20(16)27)22(31)15-30(35(5,33)34)19-11-9-17(25)10-12-19/h7-13,21H,6,14-15H2,1-5H3,(H,28,32)/t21-/m1/s1. The van der Waals surface area contributed by atoms with Crippen molar-refractivity contribution in [1.82, 2.24) is 10.2 Å². The van der Waals surface area contributed by atoms with E-state index in [1.54, 1.807) is 25.1 Å². The largest absolute Gasteiger partial charge is 0.350 e. The van der Waals surface area contributed by atoms with Crippen molar-refractivity contribution in [3.63, 3.8) is 0 Å². The minimum Gasteiger partial charge on any atom is -0.350 e. The summed E-state index contributed by atoms with van der Waals surface area (Å²) >= 11 is 18.3. The Kier molecular flexibility index (Phi) is 9.87. The molecule has 0 spiro atoms. The van der Waals surface area contributed by atoms with Gasteiger partial charge in [0, 0.05) is 27.2 Å². The van der Waals surface area contributed by atoms with E-state index in [1.165, 1.54) is 29.2 Å². The zero-order valence-corrected chi connectivity index (χ0v) is 23.4. The SMILES string of the molecule is CC[C@H](C(=O)NC(C)(C)C)N(Cc1ccc(Cl)cc1Cl)C(=O)CN(c1ccc(Cl)cc1)S(C)(=O)=O. The Balaban J connectivity index is 2.48. The highest BCUT2D eigenvalue weighted by Crippen LogP contribution is 2.25. The van der Waals surface area contributed by atoms with Crippen LogP contribution >= 0.6 is 34.8 Å². The molecule has 1 atom stereocenters. The summed E-state index contributed by atoms with van der Waals surface area (Å²) < 4.78 is 26.2. The number of hydrogen-bond acceptors (Lipinski definition) is 4. The summed E-state index contributed by atoms with van der Waals surface area (Å²) in [6.45, 7) is 6.78. The van der Waals surface area contributed by atoms with Gasteiger partial charge in [-0.15, -0.1) is 0 Å². The van der Waals surface area contributed by atoms with Gasteiger partial charge in [0.25, 0.3) is 0 Å². The van der Waals surface area contributed by atoms with Crippen LogP contribution in [0.4, 0.5) is 5.69 Å². The van der Waals surface area contributed by atoms with Crippen molar-refractivity contribution >= 4 is 62.3 Å². The van der Waals surface area contributed by atoms with Crippen LogP contribution in [0.3, 0.4) is 0 Å². The molecule has 0 saturated heterocycles. The number of carbonyl (C=O) groups is 2. The number of hydrogen-bond donors (Lipinski definition) is 1. The van der Waals surface area contributed by atoms with Crippen molar-refractivity contribution < 1.29 is 18.0 Å². The predicted molar refractivity (Wildman–Crippen MR) is 143 cm³/mol. The molecule has 192 valence electrons. The van der Waals surface area contributed by atoms with Crippen molar-refractivity contribution in [2.45, 2.75) is 52.2 Å². The van der Waals surface area contributed by atoms with Gasteiger partial charge in [-0.1, -0.05) is 47.8 Å². The average molecular weight is 563 g/mol. The molecule has 2 rings (SSSR count). The Morgan fingerprint density at radius 1 is 1.00 bits per heavy atom. The molecule has 0 aliphatic carbocycles. The molecule has 0 saturated carbocycles. The van der Waals surface area contributed by atoms with E-state index < -0.39 is 34.1 Å². The highest BCUT2D eigenvalue weighted by molar-refractivity contribution is 7.92. The van der Waals surface area contributed by atoms with Crippen LogP contribution in [0.15, 0.2) is 42.5 Å². The average Bonchev–Trinajstić information content (AvgIpc) is 2.72. The van der Waals surface area contributed by atoms with Crippen molar-refractivity contribution in [2.75, 3.05) is 17.1 Å². The van der Waals surface area contributed by atoms with Crippen LogP contribution < -0.4 is 9.62 Å². The topological polar surface area (TPSA) is 86.8 Å². The van der Waals surface area contributed by atoms with Gasteiger partial charge in [-0.25, -0.2) is 8.42 Å². The molecule has 0 fully saturated rings. The maximum absolute atomic E-state index is 13.6. The lowest BCUT2D eigenvalue weighted by atomic mass is 10.1. The second kappa shape index (κ2) is 11.8. The first-order chi connectivity index (χ1) is 16.1. The van der Waals surface area contributed by atoms with Crippen LogP contribution in [0.5, 0.6) is 0 Å². The van der Waals surface area contributed by atoms with E-state index >= 15 is 0 Å². The van der Waals surface area contributed by atoms with E-state index in [9.17, 15) is 18.0 Å². The normalized spacial score (nSPS) is 12.7. The fourth-order valence-electron chi connectivity index (χ4n) is 3.43. The van der Waals surface area contributed by atoms with Crippen LogP contribution in [-0.2, 0) is 26.2 Å². The Labute approximate surface area is 222 Å². The maximum Gasteiger partial charge on any atom is 0.244 e. The second-order valence-electron chi connectivity index (χ2n) is 9.17. The predicted octanol–water partition coefficient (Wildman–Crippen LogP) is 5.13. The van der Waals surface area contributed by atoms with Crippen molar-refractivity contribution in [3.8, 4) is 0 Å². The summed E-state index contributed by atoms with van der Waals surface area (Å²) in [5.74, 6) is -0.914. The summed E-state index contributed by atoms with van der Waals surface area (Å²) in [6.07, 6.45) is 1.32. The smallest absolute Gasteiger partial charge is 0.244 e. The monoisotopic (exact) mass is 561 g/mol. The first kappa shape index (κ1) is 29.2. The van der Waals surface area contributed by atoms with E-state index in [2.05, 4.69) is 5.32 Å². The molecule has 2 amide bonds. The third-order valence-electron chi connectivity index (χ3n) is 5.03. The number of nitrogens with one attached hydrogen (secondary N) is 1. The molecule has 0 aliphatic heterocycles. The Bertz CT molecular complexity index is 1170. The summed E-state index contributed by atoms with van der Waals surface area (Å²) in [5, 5.41) is 4.09. The lowest BCUT2D eigenvalue weighted by Gasteiger charge is -2.34. The molecule has 0 aliphatic rings. The molecule has 0 heterocycles. The lowest BCUT2D eigenvalue weighted by Crippen LogP contribution is -2.55. The van der Waals surface area contributed by atoms with Gasteiger partial charge < -0.3 is 10.2 Å². The number of nitrogens with zero attached hydrogens (tertiary/aromatic N) is 2. The third-order valence-corrected chi connectivity index (χ3v) is 7.01. The summed E-state index contributed by atoms with van der Waals surface area (Å²) in [7, 11) is -3.83. The molecule has 2 aromatic carbocycles. The minimum absolute atomic E-state index is 0.0108. The van der Waals surface area contributed by atoms with Crippen molar-refractivity contribution in [3.05, 3.63) is 63.1 Å². The van der Waals surface area contributed by atoms with Gasteiger partial charge in [-0.05, 0) is 69.2 Å². The van der Waals surface area contributed by atoms with E-state index in [0.29, 0.717) is 27.1 Å². The number of carbonyl (C=O) groups excluding carboxylic acids is 2. The van der Waals surface area contributed by atoms with Gasteiger partial charge in [-0.3, -0.25) is 13.9 Å². The van der Waals surface area contributed by atoms with Gasteiger partial charge >= 0.3 is 0 Å². The molecule has 0 radical (unpaired) electrons. The number of halogens is 3. The fourth-order valence-corrected chi connectivity index (χ4v) is 4.87. The van der Waals surface area contributed by atoms with E-state index in [-0.39, 0.29) is 18.1 Å². The first-order valence-electron chi connectivity index (χ1n) is 10.9. The van der Waals surface area contributed by atoms with Crippen LogP contribution in [0.2, 0.25) is 15.1 Å². The fraction of sp³-hybridized carbons (Fsp3) is 0.417. The number of anilines is 1. The molecule has 7 nitrogen and oxygen atoms in total. The third kappa shape index (κ3) is 8.56. The highest BCUT2D eigenvalue weighted by atomic mass is 35.5. The molecule has 0 bridgehead atoms. The van der Waals surface area contributed by atoms with Gasteiger partial charge in [0.2, 0.25) is 21.8 Å². The molecule has 1 N–H and O–H groups in total. The van der Waals surface area contributed by atoms with E-state index in [0.717, 1.165) is 10.6 Å². The van der Waals surface area contributed by atoms with Gasteiger partial charge in [-0.2, -0.15) is 0 Å². The number of rotatable bonds is 9. The number of benzene rings is 2. The zero-order valence-electron chi connectivity index (χ0n) is 20.3. The maximum atomic E-state index is 13.6. The van der Waals surface area contributed by atoms with Gasteiger partial charge in [0.05, 0.1) is 11.9 Å². The van der Waals surface area contributed by atoms with E-state index in [1.807, 2.05) is 20.8 Å². The lowest BCUT2D eigenvalue weighted by molar-refractivity contribution is -0.141. The molecule has 0 aromatic heterocycles. The minimum atomic E-state index is -3.83. The first-order valence-corrected chi connectivity index (χ1v) is 13.9. The summed E-state index contributed by atoms with van der Waals surface area (Å²) in [6, 6.07) is 10.1. The summed E-state index contributed by atoms with van der Waals surface area (Å²) in [5.41, 5.74) is 0.324. The molecule has 35 heavy (non-hydrogen) atoms. The Hall–Kier alpha value is -2.00.